The van der Waals surface area contributed by atoms with Gasteiger partial charge in [0, 0.05) is 16.4 Å². The van der Waals surface area contributed by atoms with E-state index in [2.05, 4.69) is 20.9 Å². The van der Waals surface area contributed by atoms with E-state index >= 15 is 0 Å². The van der Waals surface area contributed by atoms with Gasteiger partial charge in [-0.2, -0.15) is 0 Å². The van der Waals surface area contributed by atoms with E-state index in [1.165, 1.54) is 12.1 Å². The van der Waals surface area contributed by atoms with E-state index in [9.17, 15) is 4.79 Å². The SMILES string of the molecule is O=C(O)c1ccc(N=Cc2cccn2-c2ccc(Br)cc2)cc1Cl. The van der Waals surface area contributed by atoms with Crippen molar-refractivity contribution in [3.63, 3.8) is 0 Å². The van der Waals surface area contributed by atoms with Gasteiger partial charge in [-0.15, -0.1) is 0 Å². The normalized spacial score (nSPS) is 11.1. The van der Waals surface area contributed by atoms with Crippen molar-refractivity contribution >= 4 is 45.4 Å². The molecule has 0 amide bonds. The maximum atomic E-state index is 11.0. The van der Waals surface area contributed by atoms with Crippen molar-refractivity contribution in [2.45, 2.75) is 0 Å². The van der Waals surface area contributed by atoms with E-state index in [1.807, 2.05) is 47.2 Å². The second-order valence-electron chi connectivity index (χ2n) is 5.01. The molecule has 4 nitrogen and oxygen atoms in total. The third kappa shape index (κ3) is 3.58. The number of aliphatic imine (C=N–C) groups is 1. The van der Waals surface area contributed by atoms with Crippen molar-refractivity contribution in [3.8, 4) is 5.69 Å². The van der Waals surface area contributed by atoms with Gasteiger partial charge >= 0.3 is 5.97 Å². The van der Waals surface area contributed by atoms with Gasteiger partial charge in [-0.1, -0.05) is 27.5 Å². The fourth-order valence-electron chi connectivity index (χ4n) is 2.23. The van der Waals surface area contributed by atoms with Gasteiger partial charge in [0.05, 0.1) is 28.2 Å². The van der Waals surface area contributed by atoms with Crippen LogP contribution in [0.3, 0.4) is 0 Å². The van der Waals surface area contributed by atoms with Crippen molar-refractivity contribution in [3.05, 3.63) is 81.5 Å². The van der Waals surface area contributed by atoms with Crippen LogP contribution in [0.15, 0.2) is 70.3 Å². The molecule has 0 aliphatic carbocycles. The largest absolute Gasteiger partial charge is 0.478 e. The Labute approximate surface area is 152 Å². The van der Waals surface area contributed by atoms with Crippen LogP contribution < -0.4 is 0 Å². The molecule has 120 valence electrons. The van der Waals surface area contributed by atoms with Crippen LogP contribution in [-0.4, -0.2) is 21.9 Å². The van der Waals surface area contributed by atoms with Crippen LogP contribution >= 0.6 is 27.5 Å². The van der Waals surface area contributed by atoms with Crippen LogP contribution in [-0.2, 0) is 0 Å². The molecule has 1 aromatic heterocycles. The molecule has 2 aromatic carbocycles. The Morgan fingerprint density at radius 3 is 2.58 bits per heavy atom. The zero-order valence-corrected chi connectivity index (χ0v) is 14.7. The molecule has 0 aliphatic heterocycles. The maximum absolute atomic E-state index is 11.0. The molecular formula is C18H12BrClN2O2. The number of carboxylic acids is 1. The second kappa shape index (κ2) is 7.03. The average Bonchev–Trinajstić information content (AvgIpc) is 3.02. The Bertz CT molecular complexity index is 917. The first kappa shape index (κ1) is 16.5. The number of nitrogens with zero attached hydrogens (tertiary/aromatic N) is 2. The molecule has 0 unspecified atom stereocenters. The van der Waals surface area contributed by atoms with Crippen LogP contribution in [0.4, 0.5) is 5.69 Å². The predicted molar refractivity (Wildman–Crippen MR) is 99.1 cm³/mol. The Balaban J connectivity index is 1.88. The average molecular weight is 404 g/mol. The molecule has 0 saturated heterocycles. The summed E-state index contributed by atoms with van der Waals surface area (Å²) in [7, 11) is 0. The third-order valence-electron chi connectivity index (χ3n) is 3.41. The Kier molecular flexibility index (Phi) is 4.83. The summed E-state index contributed by atoms with van der Waals surface area (Å²) in [6.07, 6.45) is 3.67. The van der Waals surface area contributed by atoms with Gasteiger partial charge in [0.25, 0.3) is 0 Å². The van der Waals surface area contributed by atoms with Crippen molar-refractivity contribution in [2.24, 2.45) is 4.99 Å². The minimum absolute atomic E-state index is 0.0638. The summed E-state index contributed by atoms with van der Waals surface area (Å²) in [5.41, 5.74) is 2.57. The molecule has 24 heavy (non-hydrogen) atoms. The highest BCUT2D eigenvalue weighted by atomic mass is 79.9. The van der Waals surface area contributed by atoms with Crippen LogP contribution in [0.5, 0.6) is 0 Å². The van der Waals surface area contributed by atoms with Crippen LogP contribution in [0.1, 0.15) is 16.1 Å². The molecule has 1 heterocycles. The predicted octanol–water partition coefficient (Wildman–Crippen LogP) is 5.34. The summed E-state index contributed by atoms with van der Waals surface area (Å²) >= 11 is 9.38. The highest BCUT2D eigenvalue weighted by molar-refractivity contribution is 9.10. The van der Waals surface area contributed by atoms with E-state index in [4.69, 9.17) is 16.7 Å². The standard InChI is InChI=1S/C18H12BrClN2O2/c19-12-3-6-14(7-4-12)22-9-1-2-15(22)11-21-13-5-8-16(18(23)24)17(20)10-13/h1-11H,(H,23,24). The number of rotatable bonds is 4. The molecule has 0 fully saturated rings. The third-order valence-corrected chi connectivity index (χ3v) is 4.26. The highest BCUT2D eigenvalue weighted by Crippen LogP contribution is 2.23. The van der Waals surface area contributed by atoms with E-state index in [-0.39, 0.29) is 10.6 Å². The molecule has 6 heteroatoms. The topological polar surface area (TPSA) is 54.6 Å². The molecule has 0 atom stereocenters. The van der Waals surface area contributed by atoms with Crippen LogP contribution in [0.2, 0.25) is 5.02 Å². The summed E-state index contributed by atoms with van der Waals surface area (Å²) < 4.78 is 3.02. The number of carboxylic acid groups (broad SMARTS) is 1. The van der Waals surface area contributed by atoms with Crippen molar-refractivity contribution in [1.82, 2.24) is 4.57 Å². The van der Waals surface area contributed by atoms with Gasteiger partial charge in [0.15, 0.2) is 0 Å². The maximum Gasteiger partial charge on any atom is 0.337 e. The van der Waals surface area contributed by atoms with Gasteiger partial charge in [-0.3, -0.25) is 4.99 Å². The first-order valence-electron chi connectivity index (χ1n) is 7.05. The molecule has 3 rings (SSSR count). The number of carbonyl (C=O) groups is 1. The Morgan fingerprint density at radius 2 is 1.92 bits per heavy atom. The van der Waals surface area contributed by atoms with Gasteiger partial charge in [-0.05, 0) is 54.6 Å². The summed E-state index contributed by atoms with van der Waals surface area (Å²) in [6.45, 7) is 0. The number of aromatic nitrogens is 1. The second-order valence-corrected chi connectivity index (χ2v) is 6.33. The number of hydrogen-bond donors (Lipinski definition) is 1. The lowest BCUT2D eigenvalue weighted by molar-refractivity contribution is 0.0697. The molecule has 0 radical (unpaired) electrons. The zero-order chi connectivity index (χ0) is 17.1. The monoisotopic (exact) mass is 402 g/mol. The van der Waals surface area contributed by atoms with Gasteiger partial charge < -0.3 is 9.67 Å². The van der Waals surface area contributed by atoms with E-state index < -0.39 is 5.97 Å². The molecule has 0 aliphatic rings. The number of halogens is 2. The van der Waals surface area contributed by atoms with Crippen molar-refractivity contribution in [2.75, 3.05) is 0 Å². The number of hydrogen-bond acceptors (Lipinski definition) is 2. The minimum atomic E-state index is -1.06. The first-order valence-corrected chi connectivity index (χ1v) is 8.22. The lowest BCUT2D eigenvalue weighted by Crippen LogP contribution is -1.98. The number of aromatic carboxylic acids is 1. The lowest BCUT2D eigenvalue weighted by Gasteiger charge is -2.06. The fraction of sp³-hybridized carbons (Fsp3) is 0. The first-order chi connectivity index (χ1) is 11.5. The highest BCUT2D eigenvalue weighted by Gasteiger charge is 2.08. The smallest absolute Gasteiger partial charge is 0.337 e. The fourth-order valence-corrected chi connectivity index (χ4v) is 2.75. The minimum Gasteiger partial charge on any atom is -0.478 e. The summed E-state index contributed by atoms with van der Waals surface area (Å²) in [4.78, 5) is 15.4. The Morgan fingerprint density at radius 1 is 1.17 bits per heavy atom. The summed E-state index contributed by atoms with van der Waals surface area (Å²) in [6, 6.07) is 16.4. The molecule has 1 N–H and O–H groups in total. The number of benzene rings is 2. The van der Waals surface area contributed by atoms with Crippen LogP contribution in [0.25, 0.3) is 5.69 Å². The van der Waals surface area contributed by atoms with Crippen LogP contribution in [0, 0.1) is 0 Å². The summed E-state index contributed by atoms with van der Waals surface area (Å²) in [5, 5.41) is 9.16. The van der Waals surface area contributed by atoms with Gasteiger partial charge in [-0.25, -0.2) is 4.79 Å². The molecule has 0 spiro atoms. The molecule has 3 aromatic rings. The Hall–Kier alpha value is -2.37. The molecule has 0 bridgehead atoms. The van der Waals surface area contributed by atoms with E-state index in [0.29, 0.717) is 5.69 Å². The van der Waals surface area contributed by atoms with Crippen molar-refractivity contribution < 1.29 is 9.90 Å². The molecule has 0 saturated carbocycles. The van der Waals surface area contributed by atoms with E-state index in [0.717, 1.165) is 15.9 Å². The molecular weight excluding hydrogens is 392 g/mol. The lowest BCUT2D eigenvalue weighted by atomic mass is 10.2. The quantitative estimate of drug-likeness (QED) is 0.598. The van der Waals surface area contributed by atoms with Crippen molar-refractivity contribution in [1.29, 1.82) is 0 Å². The van der Waals surface area contributed by atoms with Gasteiger partial charge in [0.2, 0.25) is 0 Å². The van der Waals surface area contributed by atoms with Gasteiger partial charge in [0.1, 0.15) is 0 Å². The summed E-state index contributed by atoms with van der Waals surface area (Å²) in [5.74, 6) is -1.06. The zero-order valence-electron chi connectivity index (χ0n) is 12.4. The van der Waals surface area contributed by atoms with E-state index in [1.54, 1.807) is 12.3 Å².